The molecule has 0 atom stereocenters. The van der Waals surface area contributed by atoms with E-state index in [0.29, 0.717) is 11.3 Å². The van der Waals surface area contributed by atoms with Gasteiger partial charge in [-0.3, -0.25) is 14.5 Å². The third-order valence-electron chi connectivity index (χ3n) is 2.63. The van der Waals surface area contributed by atoms with E-state index in [1.165, 1.54) is 4.90 Å². The van der Waals surface area contributed by atoms with Gasteiger partial charge in [0.25, 0.3) is 0 Å². The van der Waals surface area contributed by atoms with Gasteiger partial charge in [0.1, 0.15) is 0 Å². The smallest absolute Gasteiger partial charge is 0.234 e. The molecule has 0 aromatic heterocycles. The summed E-state index contributed by atoms with van der Waals surface area (Å²) in [6.45, 7) is 1.81. The highest BCUT2D eigenvalue weighted by Crippen LogP contribution is 2.26. The predicted molar refractivity (Wildman–Crippen MR) is 57.6 cm³/mol. The van der Waals surface area contributed by atoms with E-state index in [1.807, 2.05) is 13.0 Å². The number of nitriles is 1. The van der Waals surface area contributed by atoms with Gasteiger partial charge in [0.2, 0.25) is 11.8 Å². The Morgan fingerprint density at radius 2 is 1.88 bits per heavy atom. The van der Waals surface area contributed by atoms with E-state index >= 15 is 0 Å². The molecular weight excluding hydrogens is 204 g/mol. The van der Waals surface area contributed by atoms with Gasteiger partial charge >= 0.3 is 0 Å². The van der Waals surface area contributed by atoms with Gasteiger partial charge in [-0.15, -0.1) is 0 Å². The first kappa shape index (κ1) is 10.4. The highest BCUT2D eigenvalue weighted by Gasteiger charge is 2.31. The zero-order valence-corrected chi connectivity index (χ0v) is 8.86. The molecule has 0 unspecified atom stereocenters. The third-order valence-corrected chi connectivity index (χ3v) is 2.63. The Morgan fingerprint density at radius 1 is 1.25 bits per heavy atom. The molecule has 1 aliphatic rings. The molecule has 0 saturated carbocycles. The van der Waals surface area contributed by atoms with Crippen LogP contribution >= 0.6 is 0 Å². The molecule has 0 aliphatic carbocycles. The van der Waals surface area contributed by atoms with E-state index in [0.717, 1.165) is 5.56 Å². The number of hydrogen-bond donors (Lipinski definition) is 0. The van der Waals surface area contributed by atoms with Gasteiger partial charge in [0.05, 0.1) is 17.3 Å². The number of rotatable bonds is 1. The number of carbonyl (C=O) groups is 2. The summed E-state index contributed by atoms with van der Waals surface area (Å²) in [5.74, 6) is -0.383. The standard InChI is InChI=1S/C12H10N2O2/c1-8-2-3-9(7-13)6-10(8)14-11(15)4-5-12(14)16/h2-3,6H,4-5H2,1H3. The Balaban J connectivity index is 2.51. The molecule has 1 fully saturated rings. The van der Waals surface area contributed by atoms with Crippen molar-refractivity contribution in [2.45, 2.75) is 19.8 Å². The highest BCUT2D eigenvalue weighted by atomic mass is 16.2. The van der Waals surface area contributed by atoms with Crippen LogP contribution in [-0.4, -0.2) is 11.8 Å². The molecule has 0 bridgehead atoms. The Hall–Kier alpha value is -2.15. The van der Waals surface area contributed by atoms with Crippen LogP contribution < -0.4 is 4.90 Å². The molecule has 0 radical (unpaired) electrons. The van der Waals surface area contributed by atoms with Crippen LogP contribution in [0.15, 0.2) is 18.2 Å². The first-order chi connectivity index (χ1) is 7.63. The summed E-state index contributed by atoms with van der Waals surface area (Å²) in [6.07, 6.45) is 0.518. The summed E-state index contributed by atoms with van der Waals surface area (Å²) >= 11 is 0. The number of anilines is 1. The summed E-state index contributed by atoms with van der Waals surface area (Å²) in [4.78, 5) is 24.3. The zero-order valence-electron chi connectivity index (χ0n) is 8.86. The van der Waals surface area contributed by atoms with Crippen molar-refractivity contribution in [1.82, 2.24) is 0 Å². The molecule has 1 aromatic carbocycles. The van der Waals surface area contributed by atoms with Gasteiger partial charge in [-0.25, -0.2) is 0 Å². The molecule has 80 valence electrons. The van der Waals surface area contributed by atoms with Gasteiger partial charge < -0.3 is 0 Å². The molecule has 2 amide bonds. The summed E-state index contributed by atoms with van der Waals surface area (Å²) in [5, 5.41) is 8.79. The van der Waals surface area contributed by atoms with Crippen LogP contribution in [-0.2, 0) is 9.59 Å². The van der Waals surface area contributed by atoms with E-state index in [-0.39, 0.29) is 24.7 Å². The van der Waals surface area contributed by atoms with Crippen molar-refractivity contribution in [3.05, 3.63) is 29.3 Å². The highest BCUT2D eigenvalue weighted by molar-refractivity contribution is 6.20. The van der Waals surface area contributed by atoms with Crippen molar-refractivity contribution in [2.75, 3.05) is 4.90 Å². The van der Waals surface area contributed by atoms with Crippen LogP contribution in [0.2, 0.25) is 0 Å². The van der Waals surface area contributed by atoms with E-state index in [1.54, 1.807) is 18.2 Å². The fourth-order valence-electron chi connectivity index (χ4n) is 1.77. The van der Waals surface area contributed by atoms with Crippen LogP contribution in [0.25, 0.3) is 0 Å². The normalized spacial score (nSPS) is 15.4. The van der Waals surface area contributed by atoms with E-state index in [2.05, 4.69) is 0 Å². The minimum absolute atomic E-state index is 0.191. The molecule has 4 nitrogen and oxygen atoms in total. The molecule has 1 saturated heterocycles. The minimum atomic E-state index is -0.191. The van der Waals surface area contributed by atoms with Crippen LogP contribution in [0.1, 0.15) is 24.0 Å². The maximum absolute atomic E-state index is 11.6. The van der Waals surface area contributed by atoms with Crippen molar-refractivity contribution >= 4 is 17.5 Å². The largest absolute Gasteiger partial charge is 0.274 e. The Kier molecular flexibility index (Phi) is 2.45. The third kappa shape index (κ3) is 1.57. The molecule has 0 N–H and O–H groups in total. The first-order valence-electron chi connectivity index (χ1n) is 5.00. The molecule has 2 rings (SSSR count). The number of amides is 2. The summed E-state index contributed by atoms with van der Waals surface area (Å²) in [7, 11) is 0. The second-order valence-electron chi connectivity index (χ2n) is 3.74. The number of hydrogen-bond acceptors (Lipinski definition) is 3. The van der Waals surface area contributed by atoms with Crippen LogP contribution in [0, 0.1) is 18.3 Å². The number of benzene rings is 1. The van der Waals surface area contributed by atoms with E-state index in [4.69, 9.17) is 5.26 Å². The monoisotopic (exact) mass is 214 g/mol. The van der Waals surface area contributed by atoms with Gasteiger partial charge in [0.15, 0.2) is 0 Å². The average molecular weight is 214 g/mol. The number of carbonyl (C=O) groups excluding carboxylic acids is 2. The average Bonchev–Trinajstić information content (AvgIpc) is 2.60. The topological polar surface area (TPSA) is 61.2 Å². The fourth-order valence-corrected chi connectivity index (χ4v) is 1.77. The maximum Gasteiger partial charge on any atom is 0.234 e. The quantitative estimate of drug-likeness (QED) is 0.666. The van der Waals surface area contributed by atoms with Crippen LogP contribution in [0.5, 0.6) is 0 Å². The minimum Gasteiger partial charge on any atom is -0.274 e. The molecule has 16 heavy (non-hydrogen) atoms. The van der Waals surface area contributed by atoms with Gasteiger partial charge in [0, 0.05) is 12.8 Å². The van der Waals surface area contributed by atoms with Crippen molar-refractivity contribution in [1.29, 1.82) is 5.26 Å². The number of nitrogens with zero attached hydrogens (tertiary/aromatic N) is 2. The molecule has 1 heterocycles. The SMILES string of the molecule is Cc1ccc(C#N)cc1N1C(=O)CCC1=O. The summed E-state index contributed by atoms with van der Waals surface area (Å²) < 4.78 is 0. The maximum atomic E-state index is 11.6. The zero-order chi connectivity index (χ0) is 11.7. The van der Waals surface area contributed by atoms with Crippen molar-refractivity contribution in [2.24, 2.45) is 0 Å². The molecular formula is C12H10N2O2. The summed E-state index contributed by atoms with van der Waals surface area (Å²) in [5.41, 5.74) is 1.81. The number of aryl methyl sites for hydroxylation is 1. The van der Waals surface area contributed by atoms with Gasteiger partial charge in [-0.05, 0) is 24.6 Å². The van der Waals surface area contributed by atoms with E-state index < -0.39 is 0 Å². The lowest BCUT2D eigenvalue weighted by Crippen LogP contribution is -2.29. The second-order valence-corrected chi connectivity index (χ2v) is 3.74. The van der Waals surface area contributed by atoms with Crippen molar-refractivity contribution < 1.29 is 9.59 Å². The van der Waals surface area contributed by atoms with Crippen LogP contribution in [0.4, 0.5) is 5.69 Å². The lowest BCUT2D eigenvalue weighted by molar-refractivity contribution is -0.121. The summed E-state index contributed by atoms with van der Waals surface area (Å²) in [6, 6.07) is 6.99. The predicted octanol–water partition coefficient (Wildman–Crippen LogP) is 1.52. The second kappa shape index (κ2) is 3.78. The molecule has 4 heteroatoms. The Labute approximate surface area is 93.1 Å². The lowest BCUT2D eigenvalue weighted by atomic mass is 10.1. The van der Waals surface area contributed by atoms with Crippen LogP contribution in [0.3, 0.4) is 0 Å². The van der Waals surface area contributed by atoms with Gasteiger partial charge in [-0.1, -0.05) is 6.07 Å². The molecule has 1 aliphatic heterocycles. The Morgan fingerprint density at radius 3 is 2.44 bits per heavy atom. The molecule has 1 aromatic rings. The van der Waals surface area contributed by atoms with Gasteiger partial charge in [-0.2, -0.15) is 5.26 Å². The van der Waals surface area contributed by atoms with Crippen molar-refractivity contribution in [3.8, 4) is 6.07 Å². The van der Waals surface area contributed by atoms with E-state index in [9.17, 15) is 9.59 Å². The lowest BCUT2D eigenvalue weighted by Gasteiger charge is -2.16. The Bertz CT molecular complexity index is 498. The number of imide groups is 1. The molecule has 0 spiro atoms. The fraction of sp³-hybridized carbons (Fsp3) is 0.250. The van der Waals surface area contributed by atoms with Crippen molar-refractivity contribution in [3.63, 3.8) is 0 Å². The first-order valence-corrected chi connectivity index (χ1v) is 5.00.